The number of hydrogen-bond acceptors (Lipinski definition) is 3. The molecule has 0 radical (unpaired) electrons. The zero-order valence-corrected chi connectivity index (χ0v) is 15.4. The van der Waals surface area contributed by atoms with Crippen LogP contribution in [0.1, 0.15) is 44.4 Å². The molecule has 2 aromatic carbocycles. The Kier molecular flexibility index (Phi) is 6.45. The molecule has 0 fully saturated rings. The Hall–Kier alpha value is -2.49. The monoisotopic (exact) mass is 341 g/mol. The van der Waals surface area contributed by atoms with Crippen LogP contribution in [0.25, 0.3) is 0 Å². The standard InChI is InChI=1S/C21H27NO3/c1-16-10-8-9-13-18(16)24-19(17-11-6-5-7-12-17)14-15-22-20(23)25-21(2,3)4/h5-13,19H,14-15H2,1-4H3,(H,22,23)/t19-/m1/s1. The fourth-order valence-electron chi connectivity index (χ4n) is 2.42. The van der Waals surface area contributed by atoms with Crippen LogP contribution in [0.3, 0.4) is 0 Å². The van der Waals surface area contributed by atoms with Gasteiger partial charge in [-0.2, -0.15) is 0 Å². The first-order chi connectivity index (χ1) is 11.8. The summed E-state index contributed by atoms with van der Waals surface area (Å²) in [6.45, 7) is 8.04. The number of carbonyl (C=O) groups is 1. The summed E-state index contributed by atoms with van der Waals surface area (Å²) >= 11 is 0. The first-order valence-corrected chi connectivity index (χ1v) is 8.59. The van der Waals surface area contributed by atoms with Gasteiger partial charge in [-0.1, -0.05) is 48.5 Å². The first kappa shape index (κ1) is 18.8. The third kappa shape index (κ3) is 6.49. The number of alkyl carbamates (subject to hydrolysis) is 1. The third-order valence-corrected chi connectivity index (χ3v) is 3.61. The van der Waals surface area contributed by atoms with Crippen molar-refractivity contribution in [3.05, 3.63) is 65.7 Å². The summed E-state index contributed by atoms with van der Waals surface area (Å²) in [5.74, 6) is 0.855. The van der Waals surface area contributed by atoms with E-state index in [1.54, 1.807) is 0 Å². The van der Waals surface area contributed by atoms with Gasteiger partial charge < -0.3 is 14.8 Å². The predicted octanol–water partition coefficient (Wildman–Crippen LogP) is 5.03. The average Bonchev–Trinajstić information content (AvgIpc) is 2.55. The first-order valence-electron chi connectivity index (χ1n) is 8.59. The molecule has 0 aliphatic heterocycles. The Labute approximate surface area is 150 Å². The highest BCUT2D eigenvalue weighted by Crippen LogP contribution is 2.27. The molecule has 25 heavy (non-hydrogen) atoms. The van der Waals surface area contributed by atoms with E-state index in [-0.39, 0.29) is 6.10 Å². The van der Waals surface area contributed by atoms with E-state index in [2.05, 4.69) is 5.32 Å². The molecule has 2 rings (SSSR count). The summed E-state index contributed by atoms with van der Waals surface area (Å²) in [6.07, 6.45) is 0.102. The van der Waals surface area contributed by atoms with Gasteiger partial charge in [0.05, 0.1) is 0 Å². The van der Waals surface area contributed by atoms with Crippen LogP contribution in [-0.2, 0) is 4.74 Å². The van der Waals surface area contributed by atoms with Crippen LogP contribution in [0.15, 0.2) is 54.6 Å². The molecule has 4 heteroatoms. The quantitative estimate of drug-likeness (QED) is 0.801. The highest BCUT2D eigenvalue weighted by Gasteiger charge is 2.18. The van der Waals surface area contributed by atoms with Crippen molar-refractivity contribution in [2.24, 2.45) is 0 Å². The van der Waals surface area contributed by atoms with Crippen molar-refractivity contribution in [3.63, 3.8) is 0 Å². The van der Waals surface area contributed by atoms with Crippen LogP contribution in [0.5, 0.6) is 5.75 Å². The van der Waals surface area contributed by atoms with Gasteiger partial charge >= 0.3 is 6.09 Å². The van der Waals surface area contributed by atoms with Crippen LogP contribution in [0.2, 0.25) is 0 Å². The summed E-state index contributed by atoms with van der Waals surface area (Å²) in [5.41, 5.74) is 1.67. The Morgan fingerprint density at radius 3 is 2.32 bits per heavy atom. The second-order valence-corrected chi connectivity index (χ2v) is 7.00. The van der Waals surface area contributed by atoms with Gasteiger partial charge in [0.2, 0.25) is 0 Å². The molecular formula is C21H27NO3. The molecule has 1 amide bonds. The van der Waals surface area contributed by atoms with Crippen molar-refractivity contribution >= 4 is 6.09 Å². The number of ether oxygens (including phenoxy) is 2. The topological polar surface area (TPSA) is 47.6 Å². The van der Waals surface area contributed by atoms with Crippen molar-refractivity contribution < 1.29 is 14.3 Å². The number of amides is 1. The van der Waals surface area contributed by atoms with E-state index >= 15 is 0 Å². The number of nitrogens with one attached hydrogen (secondary N) is 1. The molecule has 0 saturated heterocycles. The van der Waals surface area contributed by atoms with E-state index in [1.807, 2.05) is 82.3 Å². The molecule has 0 aliphatic carbocycles. The molecule has 1 N–H and O–H groups in total. The Morgan fingerprint density at radius 1 is 1.04 bits per heavy atom. The molecule has 0 spiro atoms. The van der Waals surface area contributed by atoms with Crippen molar-refractivity contribution in [3.8, 4) is 5.75 Å². The van der Waals surface area contributed by atoms with Gasteiger partial charge in [-0.3, -0.25) is 0 Å². The fraction of sp³-hybridized carbons (Fsp3) is 0.381. The maximum absolute atomic E-state index is 11.8. The lowest BCUT2D eigenvalue weighted by Gasteiger charge is -2.22. The highest BCUT2D eigenvalue weighted by atomic mass is 16.6. The summed E-state index contributed by atoms with van der Waals surface area (Å²) in [6, 6.07) is 18.0. The second kappa shape index (κ2) is 8.56. The van der Waals surface area contributed by atoms with E-state index in [0.717, 1.165) is 16.9 Å². The van der Waals surface area contributed by atoms with Crippen molar-refractivity contribution in [1.82, 2.24) is 5.32 Å². The van der Waals surface area contributed by atoms with Gasteiger partial charge in [0.25, 0.3) is 0 Å². The predicted molar refractivity (Wildman–Crippen MR) is 99.8 cm³/mol. The van der Waals surface area contributed by atoms with Gasteiger partial charge in [-0.25, -0.2) is 4.79 Å². The average molecular weight is 341 g/mol. The number of aryl methyl sites for hydroxylation is 1. The molecule has 134 valence electrons. The zero-order valence-electron chi connectivity index (χ0n) is 15.4. The van der Waals surface area contributed by atoms with Crippen molar-refractivity contribution in [1.29, 1.82) is 0 Å². The molecule has 1 atom stereocenters. The Morgan fingerprint density at radius 2 is 1.68 bits per heavy atom. The molecule has 0 saturated carbocycles. The minimum absolute atomic E-state index is 0.141. The highest BCUT2D eigenvalue weighted by molar-refractivity contribution is 5.67. The van der Waals surface area contributed by atoms with Gasteiger partial charge in [0.15, 0.2) is 0 Å². The van der Waals surface area contributed by atoms with E-state index in [9.17, 15) is 4.79 Å². The molecule has 0 heterocycles. The number of para-hydroxylation sites is 1. The van der Waals surface area contributed by atoms with Gasteiger partial charge in [0.1, 0.15) is 17.5 Å². The zero-order chi connectivity index (χ0) is 18.3. The molecule has 0 unspecified atom stereocenters. The molecule has 0 bridgehead atoms. The molecule has 0 aliphatic rings. The van der Waals surface area contributed by atoms with Gasteiger partial charge in [-0.15, -0.1) is 0 Å². The maximum atomic E-state index is 11.8. The lowest BCUT2D eigenvalue weighted by Crippen LogP contribution is -2.33. The second-order valence-electron chi connectivity index (χ2n) is 7.00. The summed E-state index contributed by atoms with van der Waals surface area (Å²) in [5, 5.41) is 2.80. The van der Waals surface area contributed by atoms with Crippen LogP contribution >= 0.6 is 0 Å². The van der Waals surface area contributed by atoms with E-state index in [1.165, 1.54) is 0 Å². The van der Waals surface area contributed by atoms with Crippen molar-refractivity contribution in [2.75, 3.05) is 6.54 Å². The van der Waals surface area contributed by atoms with E-state index in [4.69, 9.17) is 9.47 Å². The molecule has 4 nitrogen and oxygen atoms in total. The summed E-state index contributed by atoms with van der Waals surface area (Å²) < 4.78 is 11.5. The minimum atomic E-state index is -0.499. The lowest BCUT2D eigenvalue weighted by molar-refractivity contribution is 0.0520. The smallest absolute Gasteiger partial charge is 0.407 e. The largest absolute Gasteiger partial charge is 0.485 e. The molecular weight excluding hydrogens is 314 g/mol. The molecule has 0 aromatic heterocycles. The normalized spacial score (nSPS) is 12.3. The third-order valence-electron chi connectivity index (χ3n) is 3.61. The van der Waals surface area contributed by atoms with Crippen LogP contribution < -0.4 is 10.1 Å². The van der Waals surface area contributed by atoms with Crippen molar-refractivity contribution in [2.45, 2.75) is 45.8 Å². The Bertz CT molecular complexity index is 677. The fourth-order valence-corrected chi connectivity index (χ4v) is 2.42. The van der Waals surface area contributed by atoms with Gasteiger partial charge in [0, 0.05) is 13.0 Å². The lowest BCUT2D eigenvalue weighted by atomic mass is 10.1. The Balaban J connectivity index is 2.01. The minimum Gasteiger partial charge on any atom is -0.485 e. The van der Waals surface area contributed by atoms with Crippen LogP contribution in [-0.4, -0.2) is 18.2 Å². The van der Waals surface area contributed by atoms with Crippen LogP contribution in [0, 0.1) is 6.92 Å². The van der Waals surface area contributed by atoms with E-state index in [0.29, 0.717) is 13.0 Å². The number of carbonyl (C=O) groups excluding carboxylic acids is 1. The number of hydrogen-bond donors (Lipinski definition) is 1. The number of rotatable bonds is 6. The summed E-state index contributed by atoms with van der Waals surface area (Å²) in [7, 11) is 0. The van der Waals surface area contributed by atoms with Crippen LogP contribution in [0.4, 0.5) is 4.79 Å². The SMILES string of the molecule is Cc1ccccc1O[C@H](CCNC(=O)OC(C)(C)C)c1ccccc1. The van der Waals surface area contributed by atoms with E-state index < -0.39 is 11.7 Å². The summed E-state index contributed by atoms with van der Waals surface area (Å²) in [4.78, 5) is 11.8. The molecule has 2 aromatic rings. The number of benzene rings is 2. The maximum Gasteiger partial charge on any atom is 0.407 e. The van der Waals surface area contributed by atoms with Gasteiger partial charge in [-0.05, 0) is 44.9 Å².